The van der Waals surface area contributed by atoms with Gasteiger partial charge in [0, 0.05) is 6.54 Å². The average Bonchev–Trinajstić information content (AvgIpc) is 3.17. The molecule has 3 rings (SSSR count). The van der Waals surface area contributed by atoms with Crippen molar-refractivity contribution in [3.05, 3.63) is 24.3 Å². The van der Waals surface area contributed by atoms with Crippen molar-refractivity contribution in [3.63, 3.8) is 0 Å². The van der Waals surface area contributed by atoms with E-state index in [1.54, 1.807) is 0 Å². The van der Waals surface area contributed by atoms with E-state index in [0.29, 0.717) is 23.5 Å². The number of aliphatic hydroxyl groups excluding tert-OH is 4. The Bertz CT molecular complexity index is 764. The number of aromatic nitrogens is 4. The van der Waals surface area contributed by atoms with Gasteiger partial charge in [-0.3, -0.25) is 4.57 Å². The Morgan fingerprint density at radius 1 is 1.28 bits per heavy atom. The number of nitrogens with one attached hydrogen (secondary N) is 1. The van der Waals surface area contributed by atoms with E-state index < -0.39 is 31.1 Å². The number of ether oxygens (including phenoxy) is 1. The highest BCUT2D eigenvalue weighted by Gasteiger charge is 2.44. The van der Waals surface area contributed by atoms with Crippen molar-refractivity contribution in [2.45, 2.75) is 31.5 Å². The lowest BCUT2D eigenvalue weighted by atomic mass is 10.1. The summed E-state index contributed by atoms with van der Waals surface area (Å²) in [7, 11) is 0. The molecule has 0 unspecified atom stereocenters. The summed E-state index contributed by atoms with van der Waals surface area (Å²) in [5, 5.41) is 41.4. The number of hydrogen-bond donors (Lipinski definition) is 5. The Labute approximate surface area is 143 Å². The Hall–Kier alpha value is -2.11. The highest BCUT2D eigenvalue weighted by Crippen LogP contribution is 2.31. The van der Waals surface area contributed by atoms with Gasteiger partial charge in [-0.1, -0.05) is 11.6 Å². The van der Waals surface area contributed by atoms with Crippen LogP contribution < -0.4 is 5.32 Å². The van der Waals surface area contributed by atoms with Crippen molar-refractivity contribution in [2.75, 3.05) is 25.1 Å². The van der Waals surface area contributed by atoms with Gasteiger partial charge in [0.15, 0.2) is 23.2 Å². The molecule has 0 aliphatic carbocycles. The molecule has 0 spiro atoms. The highest BCUT2D eigenvalue weighted by molar-refractivity contribution is 5.82. The maximum absolute atomic E-state index is 10.2. The normalized spacial score (nSPS) is 27.2. The first-order valence-electron chi connectivity index (χ1n) is 7.87. The minimum absolute atomic E-state index is 0.0131. The van der Waals surface area contributed by atoms with Gasteiger partial charge >= 0.3 is 0 Å². The molecule has 0 aromatic carbocycles. The van der Waals surface area contributed by atoms with E-state index in [1.165, 1.54) is 17.2 Å². The van der Waals surface area contributed by atoms with Crippen LogP contribution in [0, 0.1) is 0 Å². The Morgan fingerprint density at radius 3 is 2.76 bits per heavy atom. The summed E-state index contributed by atoms with van der Waals surface area (Å²) >= 11 is 0. The van der Waals surface area contributed by atoms with E-state index >= 15 is 0 Å². The third-order valence-electron chi connectivity index (χ3n) is 4.12. The molecule has 1 saturated heterocycles. The molecule has 0 radical (unpaired) electrons. The quantitative estimate of drug-likeness (QED) is 0.404. The van der Waals surface area contributed by atoms with Crippen LogP contribution in [0.3, 0.4) is 0 Å². The fourth-order valence-corrected chi connectivity index (χ4v) is 2.66. The minimum atomic E-state index is -1.21. The van der Waals surface area contributed by atoms with Crippen LogP contribution in [0.1, 0.15) is 13.2 Å². The fourth-order valence-electron chi connectivity index (χ4n) is 2.66. The zero-order valence-corrected chi connectivity index (χ0v) is 13.6. The standard InChI is InChI=1S/C15H21N5O5/c1-8(4-21)2-3-16-13-10-14(18-6-17-13)20(7-19-10)15-12(24)11(23)9(5-22)25-15/h2,6-7,9,11-12,15,21-24H,3-5H2,1H3,(H,16,17,18)/t9-,11-,12-,15+/m1/s1. The van der Waals surface area contributed by atoms with Crippen LogP contribution in [-0.4, -0.2) is 78.0 Å². The van der Waals surface area contributed by atoms with Gasteiger partial charge in [0.05, 0.1) is 19.5 Å². The van der Waals surface area contributed by atoms with E-state index in [9.17, 15) is 15.3 Å². The molecule has 0 bridgehead atoms. The summed E-state index contributed by atoms with van der Waals surface area (Å²) in [4.78, 5) is 12.6. The number of nitrogens with zero attached hydrogens (tertiary/aromatic N) is 4. The van der Waals surface area contributed by atoms with Crippen LogP contribution in [0.2, 0.25) is 0 Å². The molecule has 2 aromatic heterocycles. The molecule has 25 heavy (non-hydrogen) atoms. The maximum Gasteiger partial charge on any atom is 0.167 e. The van der Waals surface area contributed by atoms with Gasteiger partial charge in [-0.25, -0.2) is 15.0 Å². The van der Waals surface area contributed by atoms with E-state index in [-0.39, 0.29) is 6.61 Å². The lowest BCUT2D eigenvalue weighted by Gasteiger charge is -2.16. The lowest BCUT2D eigenvalue weighted by Crippen LogP contribution is -2.33. The highest BCUT2D eigenvalue weighted by atomic mass is 16.6. The molecular weight excluding hydrogens is 330 g/mol. The van der Waals surface area contributed by atoms with Gasteiger partial charge < -0.3 is 30.5 Å². The van der Waals surface area contributed by atoms with Gasteiger partial charge in [0.25, 0.3) is 0 Å². The van der Waals surface area contributed by atoms with Crippen molar-refractivity contribution in [1.82, 2.24) is 19.5 Å². The summed E-state index contributed by atoms with van der Waals surface area (Å²) in [6.07, 6.45) is 0.443. The SMILES string of the molecule is CC(=CCNc1ncnc2c1ncn2[C@H]1O[C@H](CO)[C@@H](O)[C@H]1O)CO. The maximum atomic E-state index is 10.2. The van der Waals surface area contributed by atoms with E-state index in [0.717, 1.165) is 5.57 Å². The van der Waals surface area contributed by atoms with Crippen molar-refractivity contribution < 1.29 is 25.2 Å². The van der Waals surface area contributed by atoms with Gasteiger partial charge in [-0.2, -0.15) is 0 Å². The van der Waals surface area contributed by atoms with E-state index in [4.69, 9.17) is 9.84 Å². The number of anilines is 1. The Balaban J connectivity index is 1.86. The van der Waals surface area contributed by atoms with Crippen molar-refractivity contribution in [1.29, 1.82) is 0 Å². The smallest absolute Gasteiger partial charge is 0.167 e. The fraction of sp³-hybridized carbons (Fsp3) is 0.533. The summed E-state index contributed by atoms with van der Waals surface area (Å²) in [5.74, 6) is 0.498. The van der Waals surface area contributed by atoms with Crippen LogP contribution >= 0.6 is 0 Å². The van der Waals surface area contributed by atoms with Crippen LogP contribution in [0.4, 0.5) is 5.82 Å². The van der Waals surface area contributed by atoms with Gasteiger partial charge in [-0.15, -0.1) is 0 Å². The number of hydrogen-bond acceptors (Lipinski definition) is 9. The molecule has 136 valence electrons. The second-order valence-electron chi connectivity index (χ2n) is 5.86. The number of rotatable bonds is 6. The van der Waals surface area contributed by atoms with Crippen molar-refractivity contribution in [3.8, 4) is 0 Å². The van der Waals surface area contributed by atoms with Crippen LogP contribution in [0.25, 0.3) is 11.2 Å². The molecule has 0 saturated carbocycles. The minimum Gasteiger partial charge on any atom is -0.394 e. The molecule has 2 aromatic rings. The molecule has 3 heterocycles. The molecule has 10 heteroatoms. The van der Waals surface area contributed by atoms with Crippen molar-refractivity contribution in [2.24, 2.45) is 0 Å². The summed E-state index contributed by atoms with van der Waals surface area (Å²) in [6, 6.07) is 0. The first-order valence-corrected chi connectivity index (χ1v) is 7.87. The Kier molecular flexibility index (Phi) is 5.25. The second-order valence-corrected chi connectivity index (χ2v) is 5.86. The molecule has 4 atom stereocenters. The molecule has 1 aliphatic heterocycles. The predicted molar refractivity (Wildman–Crippen MR) is 87.7 cm³/mol. The third-order valence-corrected chi connectivity index (χ3v) is 4.12. The first kappa shape index (κ1) is 17.7. The van der Waals surface area contributed by atoms with Gasteiger partial charge in [0.2, 0.25) is 0 Å². The number of imidazole rings is 1. The van der Waals surface area contributed by atoms with Crippen LogP contribution in [0.5, 0.6) is 0 Å². The van der Waals surface area contributed by atoms with Crippen LogP contribution in [-0.2, 0) is 4.74 Å². The zero-order valence-electron chi connectivity index (χ0n) is 13.6. The molecule has 1 aliphatic rings. The average molecular weight is 351 g/mol. The number of fused-ring (bicyclic) bond motifs is 1. The van der Waals surface area contributed by atoms with Gasteiger partial charge in [-0.05, 0) is 6.92 Å². The lowest BCUT2D eigenvalue weighted by molar-refractivity contribution is -0.0511. The van der Waals surface area contributed by atoms with Crippen LogP contribution in [0.15, 0.2) is 24.3 Å². The van der Waals surface area contributed by atoms with E-state index in [2.05, 4.69) is 20.3 Å². The summed E-state index contributed by atoms with van der Waals surface area (Å²) < 4.78 is 7.01. The molecule has 5 N–H and O–H groups in total. The first-order chi connectivity index (χ1) is 12.1. The molecular formula is C15H21N5O5. The zero-order chi connectivity index (χ0) is 18.0. The molecule has 1 fully saturated rings. The number of aliphatic hydroxyl groups is 4. The second kappa shape index (κ2) is 7.42. The van der Waals surface area contributed by atoms with Gasteiger partial charge in [0.1, 0.15) is 24.6 Å². The molecule has 10 nitrogen and oxygen atoms in total. The third kappa shape index (κ3) is 3.34. The largest absolute Gasteiger partial charge is 0.394 e. The topological polar surface area (TPSA) is 146 Å². The monoisotopic (exact) mass is 351 g/mol. The summed E-state index contributed by atoms with van der Waals surface area (Å²) in [6.45, 7) is 1.85. The molecule has 0 amide bonds. The van der Waals surface area contributed by atoms with E-state index in [1.807, 2.05) is 13.0 Å². The Morgan fingerprint density at radius 2 is 2.08 bits per heavy atom. The van der Waals surface area contributed by atoms with Crippen molar-refractivity contribution >= 4 is 17.0 Å². The summed E-state index contributed by atoms with van der Waals surface area (Å²) in [5.41, 5.74) is 1.74. The predicted octanol–water partition coefficient (Wildman–Crippen LogP) is -1.21.